The van der Waals surface area contributed by atoms with Crippen LogP contribution in [0.4, 0.5) is 0 Å². The van der Waals surface area contributed by atoms with Gasteiger partial charge >= 0.3 is 0 Å². The minimum absolute atomic E-state index is 0.190. The summed E-state index contributed by atoms with van der Waals surface area (Å²) in [5.41, 5.74) is 7.52. The number of ketones is 2. The molecule has 21 nitrogen and oxygen atoms in total. The van der Waals surface area contributed by atoms with E-state index in [9.17, 15) is 58.5 Å². The Labute approximate surface area is 408 Å². The van der Waals surface area contributed by atoms with Gasteiger partial charge in [-0.1, -0.05) is 57.5 Å². The van der Waals surface area contributed by atoms with Gasteiger partial charge in [-0.2, -0.15) is 0 Å². The van der Waals surface area contributed by atoms with Gasteiger partial charge < -0.3 is 62.3 Å². The van der Waals surface area contributed by atoms with Crippen LogP contribution in [0.1, 0.15) is 64.0 Å². The number of hydrogen-bond donors (Lipinski definition) is 10. The first kappa shape index (κ1) is 53.0. The van der Waals surface area contributed by atoms with Crippen LogP contribution < -0.4 is 37.1 Å². The minimum atomic E-state index is -1.59. The summed E-state index contributed by atoms with van der Waals surface area (Å²) in [7, 11) is 0. The second-order valence-electron chi connectivity index (χ2n) is 18.3. The highest BCUT2D eigenvalue weighted by Gasteiger charge is 2.45. The largest absolute Gasteiger partial charge is 0.489 e. The Balaban J connectivity index is 1.51. The zero-order valence-corrected chi connectivity index (χ0v) is 40.1. The number of aromatic amines is 1. The molecule has 0 saturated carbocycles. The molecule has 6 rings (SSSR count). The normalized spacial score (nSPS) is 26.1. The van der Waals surface area contributed by atoms with Crippen LogP contribution >= 0.6 is 11.8 Å². The molecule has 0 radical (unpaired) electrons. The number of primary amides is 1. The monoisotopic (exact) mass is 990 g/mol. The Morgan fingerprint density at radius 1 is 0.871 bits per heavy atom. The van der Waals surface area contributed by atoms with Crippen molar-refractivity contribution in [1.29, 1.82) is 0 Å². The molecule has 10 atom stereocenters. The molecular weight excluding hydrogens is 929 g/mol. The number of thioether (sulfide) groups is 1. The Morgan fingerprint density at radius 2 is 1.57 bits per heavy atom. The number of nitrogens with zero attached hydrogens (tertiary/aromatic N) is 1. The van der Waals surface area contributed by atoms with Crippen molar-refractivity contribution in [3.8, 4) is 5.75 Å². The van der Waals surface area contributed by atoms with E-state index >= 15 is 0 Å². The number of carbonyl (C=O) groups is 9. The maximum Gasteiger partial charge on any atom is 0.243 e. The maximum atomic E-state index is 14.7. The quantitative estimate of drug-likeness (QED) is 0.118. The van der Waals surface area contributed by atoms with Crippen molar-refractivity contribution in [3.63, 3.8) is 0 Å². The third-order valence-corrected chi connectivity index (χ3v) is 14.3. The van der Waals surface area contributed by atoms with E-state index in [1.165, 1.54) is 6.92 Å². The van der Waals surface area contributed by atoms with Gasteiger partial charge in [-0.15, -0.1) is 11.8 Å². The Hall–Kier alpha value is -6.36. The van der Waals surface area contributed by atoms with Gasteiger partial charge in [-0.25, -0.2) is 0 Å². The number of nitrogens with two attached hydrogens (primary N) is 1. The lowest BCUT2D eigenvalue weighted by molar-refractivity contribution is -0.145. The van der Waals surface area contributed by atoms with Crippen LogP contribution in [-0.2, 0) is 56.2 Å². The number of hydrogen-bond acceptors (Lipinski definition) is 14. The fourth-order valence-corrected chi connectivity index (χ4v) is 10.1. The zero-order valence-electron chi connectivity index (χ0n) is 39.2. The molecule has 0 spiro atoms. The standard InChI is InChI=1S/C48H62N8O13S/c1-4-24(2)42-46(67)51-18-40(63)52-34-23-70-47-32(31-11-10-30(17-33(31)53-47)69-22-26-8-6-5-7-9-26)12-27(44(65)50-19-41(64)54-42)13-37(60)43(25(3)38(61)21-57)55-45(66)35-16-29(58)20-56(35)48(68)28(14-36(34)59)15-39(49)62/h5-11,17,24-25,27-29,34-35,38,42-43,53,57-58,61H,4,12-16,18-23H2,1-3H3,(H2,49,62)(H,50,65)(H,51,67)(H,52,63)(H,54,64)(H,55,66)/t24-,25-,27+,28-,29+,34-,35-,38-,42-,43-/m0/s1. The van der Waals surface area contributed by atoms with Crippen molar-refractivity contribution < 1.29 is 63.2 Å². The van der Waals surface area contributed by atoms with Crippen LogP contribution in [0.2, 0.25) is 0 Å². The van der Waals surface area contributed by atoms with Crippen molar-refractivity contribution >= 4 is 75.6 Å². The molecule has 378 valence electrons. The van der Waals surface area contributed by atoms with Gasteiger partial charge in [0.15, 0.2) is 11.6 Å². The first-order valence-electron chi connectivity index (χ1n) is 23.4. The topological polar surface area (TPSA) is 329 Å². The van der Waals surface area contributed by atoms with Crippen LogP contribution in [0, 0.1) is 23.7 Å². The number of aliphatic hydroxyl groups is 3. The molecular formula is C48H62N8O13S. The number of H-pyrrole nitrogens is 1. The van der Waals surface area contributed by atoms with Crippen molar-refractivity contribution in [1.82, 2.24) is 36.5 Å². The molecule has 22 heteroatoms. The number of fused-ring (bicyclic) bond motifs is 5. The highest BCUT2D eigenvalue weighted by Crippen LogP contribution is 2.36. The average molecular weight is 991 g/mol. The predicted octanol–water partition coefficient (Wildman–Crippen LogP) is -0.881. The van der Waals surface area contributed by atoms with Gasteiger partial charge in [0.2, 0.25) is 41.4 Å². The van der Waals surface area contributed by atoms with Crippen LogP contribution in [0.15, 0.2) is 53.6 Å². The van der Waals surface area contributed by atoms with Gasteiger partial charge in [-0.3, -0.25) is 43.2 Å². The number of benzene rings is 2. The molecule has 70 heavy (non-hydrogen) atoms. The van der Waals surface area contributed by atoms with Gasteiger partial charge in [0.1, 0.15) is 24.4 Å². The number of ether oxygens (including phenoxy) is 1. The van der Waals surface area contributed by atoms with Gasteiger partial charge in [0.05, 0.1) is 60.4 Å². The second-order valence-corrected chi connectivity index (χ2v) is 19.3. The zero-order chi connectivity index (χ0) is 50.8. The van der Waals surface area contributed by atoms with E-state index < -0.39 is 158 Å². The van der Waals surface area contributed by atoms with Crippen LogP contribution in [-0.4, -0.2) is 146 Å². The van der Waals surface area contributed by atoms with E-state index in [0.29, 0.717) is 33.7 Å². The van der Waals surface area contributed by atoms with Crippen LogP contribution in [0.3, 0.4) is 0 Å². The molecule has 0 aliphatic carbocycles. The number of carbonyl (C=O) groups excluding carboxylic acids is 9. The summed E-state index contributed by atoms with van der Waals surface area (Å²) in [4.78, 5) is 130. The highest BCUT2D eigenvalue weighted by atomic mass is 32.2. The maximum absolute atomic E-state index is 14.7. The summed E-state index contributed by atoms with van der Waals surface area (Å²) in [6.45, 7) is 2.64. The first-order valence-corrected chi connectivity index (χ1v) is 24.4. The third kappa shape index (κ3) is 13.3. The molecule has 2 aromatic carbocycles. The van der Waals surface area contributed by atoms with Crippen molar-refractivity contribution in [3.05, 3.63) is 59.7 Å². The number of amides is 7. The van der Waals surface area contributed by atoms with Gasteiger partial charge in [-0.05, 0) is 35.6 Å². The molecule has 1 fully saturated rings. The van der Waals surface area contributed by atoms with E-state index in [2.05, 4.69) is 31.6 Å². The Morgan fingerprint density at radius 3 is 2.26 bits per heavy atom. The molecule has 3 aliphatic rings. The van der Waals surface area contributed by atoms with Crippen molar-refractivity contribution in [2.45, 2.75) is 107 Å². The van der Waals surface area contributed by atoms with E-state index in [1.807, 2.05) is 30.3 Å². The minimum Gasteiger partial charge on any atom is -0.489 e. The lowest BCUT2D eigenvalue weighted by Crippen LogP contribution is -2.56. The second kappa shape index (κ2) is 24.0. The fourth-order valence-electron chi connectivity index (χ4n) is 8.94. The van der Waals surface area contributed by atoms with E-state index in [0.717, 1.165) is 22.2 Å². The molecule has 3 aliphatic heterocycles. The molecule has 3 aromatic rings. The van der Waals surface area contributed by atoms with E-state index in [1.54, 1.807) is 32.0 Å². The van der Waals surface area contributed by atoms with Crippen LogP contribution in [0.25, 0.3) is 10.9 Å². The summed E-state index contributed by atoms with van der Waals surface area (Å²) in [6, 6.07) is 9.05. The summed E-state index contributed by atoms with van der Waals surface area (Å²) < 4.78 is 6.11. The third-order valence-electron chi connectivity index (χ3n) is 13.2. The number of Topliss-reactive ketones (excluding diaryl/α,β-unsaturated/α-hetero) is 2. The van der Waals surface area contributed by atoms with E-state index in [-0.39, 0.29) is 25.2 Å². The average Bonchev–Trinajstić information content (AvgIpc) is 3.90. The predicted molar refractivity (Wildman–Crippen MR) is 253 cm³/mol. The first-order chi connectivity index (χ1) is 33.4. The fraction of sp³-hybridized carbons (Fsp3) is 0.521. The van der Waals surface area contributed by atoms with E-state index in [4.69, 9.17) is 10.5 Å². The lowest BCUT2D eigenvalue weighted by Gasteiger charge is -2.32. The summed E-state index contributed by atoms with van der Waals surface area (Å²) >= 11 is 1.07. The summed E-state index contributed by atoms with van der Waals surface area (Å²) in [5.74, 6) is -11.5. The number of rotatable bonds is 10. The Kier molecular flexibility index (Phi) is 18.2. The SMILES string of the molecule is CC[C@H](C)[C@@H]1NC(=O)CNC(=O)[C@H]2CC(=O)[C@H]([C@@H](C)[C@@H](O)CO)NC(=O)[C@@H]3C[C@@H](O)CN3C(=O)[C@H](CC(N)=O)CC(=O)[C@H](CSc3[nH]c4cc(OCc5ccccc5)ccc4c3C2)NC(=O)CNC1=O. The summed E-state index contributed by atoms with van der Waals surface area (Å²) in [6.07, 6.45) is -4.85. The van der Waals surface area contributed by atoms with Gasteiger partial charge in [0, 0.05) is 61.3 Å². The smallest absolute Gasteiger partial charge is 0.243 e. The molecule has 7 amide bonds. The molecule has 0 unspecified atom stereocenters. The van der Waals surface area contributed by atoms with Crippen molar-refractivity contribution in [2.24, 2.45) is 29.4 Å². The molecule has 11 N–H and O–H groups in total. The molecule has 4 heterocycles. The number of aliphatic hydroxyl groups excluding tert-OH is 3. The number of aromatic nitrogens is 1. The molecule has 2 bridgehead atoms. The Bertz CT molecular complexity index is 2450. The molecule has 1 aromatic heterocycles. The number of nitrogens with one attached hydrogen (secondary N) is 6. The highest BCUT2D eigenvalue weighted by molar-refractivity contribution is 7.99. The van der Waals surface area contributed by atoms with Crippen molar-refractivity contribution in [2.75, 3.05) is 32.0 Å². The summed E-state index contributed by atoms with van der Waals surface area (Å²) in [5, 5.41) is 45.6. The van der Waals surface area contributed by atoms with Crippen LogP contribution in [0.5, 0.6) is 5.75 Å². The molecule has 1 saturated heterocycles. The van der Waals surface area contributed by atoms with Gasteiger partial charge in [0.25, 0.3) is 0 Å². The lowest BCUT2D eigenvalue weighted by atomic mass is 9.85.